The number of benzene rings is 1. The molecule has 0 aromatic heterocycles. The Kier molecular flexibility index (Phi) is 8.93. The Morgan fingerprint density at radius 3 is 2.39 bits per heavy atom. The summed E-state index contributed by atoms with van der Waals surface area (Å²) < 4.78 is 15.9. The van der Waals surface area contributed by atoms with Gasteiger partial charge in [-0.05, 0) is 58.0 Å². The summed E-state index contributed by atoms with van der Waals surface area (Å²) in [7, 11) is 1.51. The average molecular weight is 461 g/mol. The number of carbonyl (C=O) groups excluding carboxylic acids is 4. The molecule has 1 unspecified atom stereocenters. The molecular weight excluding hydrogens is 428 g/mol. The fourth-order valence-electron chi connectivity index (χ4n) is 3.36. The van der Waals surface area contributed by atoms with E-state index >= 15 is 0 Å². The number of hydrogen-bond donors (Lipinski definition) is 1. The topological polar surface area (TPSA) is 116 Å². The first-order chi connectivity index (χ1) is 15.4. The molecule has 0 radical (unpaired) electrons. The molecule has 8 heteroatoms. The van der Waals surface area contributed by atoms with E-state index < -0.39 is 41.3 Å². The van der Waals surface area contributed by atoms with Gasteiger partial charge in [0.25, 0.3) is 0 Å². The fourth-order valence-corrected chi connectivity index (χ4v) is 3.36. The van der Waals surface area contributed by atoms with E-state index in [0.717, 1.165) is 0 Å². The van der Waals surface area contributed by atoms with Crippen molar-refractivity contribution in [3.05, 3.63) is 41.5 Å². The minimum absolute atomic E-state index is 0.0327. The van der Waals surface area contributed by atoms with E-state index in [0.29, 0.717) is 17.7 Å². The lowest BCUT2D eigenvalue weighted by atomic mass is 9.78. The number of methoxy groups -OCH3 is 1. The van der Waals surface area contributed by atoms with Crippen molar-refractivity contribution in [1.29, 1.82) is 0 Å². The molecule has 8 nitrogen and oxygen atoms in total. The Balaban J connectivity index is 2.35. The number of hydrogen-bond acceptors (Lipinski definition) is 8. The van der Waals surface area contributed by atoms with Gasteiger partial charge in [-0.2, -0.15) is 0 Å². The monoisotopic (exact) mass is 460 g/mol. The zero-order valence-electron chi connectivity index (χ0n) is 19.8. The number of aliphatic hydroxyl groups excluding tert-OH is 1. The third kappa shape index (κ3) is 6.99. The first-order valence-electron chi connectivity index (χ1n) is 10.9. The van der Waals surface area contributed by atoms with Gasteiger partial charge >= 0.3 is 11.9 Å². The number of carbonyl (C=O) groups is 4. The van der Waals surface area contributed by atoms with Gasteiger partial charge in [0, 0.05) is 19.3 Å². The molecule has 1 aromatic rings. The van der Waals surface area contributed by atoms with Crippen LogP contribution in [0.25, 0.3) is 0 Å². The van der Waals surface area contributed by atoms with Crippen molar-refractivity contribution in [3.8, 4) is 5.75 Å². The smallest absolute Gasteiger partial charge is 0.338 e. The highest BCUT2D eigenvalue weighted by molar-refractivity contribution is 5.99. The highest BCUT2D eigenvalue weighted by Crippen LogP contribution is 2.31. The molecule has 1 aliphatic heterocycles. The normalized spacial score (nSPS) is 26.4. The Hall–Kier alpha value is -3.00. The van der Waals surface area contributed by atoms with Gasteiger partial charge in [-0.25, -0.2) is 4.79 Å². The van der Waals surface area contributed by atoms with Crippen LogP contribution in [-0.4, -0.2) is 54.5 Å². The largest absolute Gasteiger partial charge is 0.497 e. The van der Waals surface area contributed by atoms with Crippen LogP contribution in [0.1, 0.15) is 57.3 Å². The molecule has 0 amide bonds. The van der Waals surface area contributed by atoms with E-state index in [-0.39, 0.29) is 30.8 Å². The van der Waals surface area contributed by atoms with Crippen LogP contribution in [0.15, 0.2) is 35.9 Å². The van der Waals surface area contributed by atoms with Crippen molar-refractivity contribution >= 4 is 23.5 Å². The molecule has 0 aliphatic carbocycles. The Labute approximate surface area is 193 Å². The molecule has 1 aliphatic rings. The summed E-state index contributed by atoms with van der Waals surface area (Å²) in [6, 6.07) is 6.30. The molecule has 2 rings (SSSR count). The third-order valence-electron chi connectivity index (χ3n) is 5.89. The highest BCUT2D eigenvalue weighted by Gasteiger charge is 2.40. The van der Waals surface area contributed by atoms with Gasteiger partial charge in [0.2, 0.25) is 0 Å². The minimum Gasteiger partial charge on any atom is -0.497 e. The van der Waals surface area contributed by atoms with Crippen LogP contribution in [-0.2, 0) is 23.9 Å². The lowest BCUT2D eigenvalue weighted by Crippen LogP contribution is -2.42. The summed E-state index contributed by atoms with van der Waals surface area (Å²) in [5.41, 5.74) is -0.246. The SMILES string of the molecule is COc1ccc(C(=O)O[C@@H]2C[C@H](O)CC(=O)C(C)C(=O)OCC/C(C)=C/C(=O)C2(C)C)cc1. The van der Waals surface area contributed by atoms with Gasteiger partial charge < -0.3 is 19.3 Å². The molecule has 0 spiro atoms. The van der Waals surface area contributed by atoms with Gasteiger partial charge in [-0.15, -0.1) is 0 Å². The molecular formula is C25H32O8. The molecule has 33 heavy (non-hydrogen) atoms. The van der Waals surface area contributed by atoms with Crippen molar-refractivity contribution in [2.75, 3.05) is 13.7 Å². The number of cyclic esters (lactones) is 1. The van der Waals surface area contributed by atoms with E-state index in [1.54, 1.807) is 32.9 Å². The third-order valence-corrected chi connectivity index (χ3v) is 5.89. The molecule has 0 saturated carbocycles. The molecule has 1 aromatic carbocycles. The maximum absolute atomic E-state index is 13.1. The van der Waals surface area contributed by atoms with Crippen LogP contribution in [0, 0.1) is 11.3 Å². The van der Waals surface area contributed by atoms with Gasteiger partial charge in [0.15, 0.2) is 5.78 Å². The minimum atomic E-state index is -1.22. The van der Waals surface area contributed by atoms with E-state index in [4.69, 9.17) is 14.2 Å². The summed E-state index contributed by atoms with van der Waals surface area (Å²) in [5, 5.41) is 10.6. The summed E-state index contributed by atoms with van der Waals surface area (Å²) in [5.74, 6) is -2.58. The summed E-state index contributed by atoms with van der Waals surface area (Å²) in [6.07, 6.45) is -0.951. The van der Waals surface area contributed by atoms with Gasteiger partial charge in [-0.1, -0.05) is 5.57 Å². The second kappa shape index (κ2) is 11.2. The van der Waals surface area contributed by atoms with Gasteiger partial charge in [0.1, 0.15) is 23.6 Å². The van der Waals surface area contributed by atoms with Crippen LogP contribution in [0.2, 0.25) is 0 Å². The summed E-state index contributed by atoms with van der Waals surface area (Å²) >= 11 is 0. The van der Waals surface area contributed by atoms with Gasteiger partial charge in [0.05, 0.1) is 30.8 Å². The predicted octanol–water partition coefficient (Wildman–Crippen LogP) is 3.06. The van der Waals surface area contributed by atoms with Crippen molar-refractivity contribution in [1.82, 2.24) is 0 Å². The predicted molar refractivity (Wildman–Crippen MR) is 120 cm³/mol. The number of rotatable bonds is 3. The van der Waals surface area contributed by atoms with Crippen molar-refractivity contribution in [3.63, 3.8) is 0 Å². The summed E-state index contributed by atoms with van der Waals surface area (Å²) in [4.78, 5) is 50.4. The zero-order valence-corrected chi connectivity index (χ0v) is 19.8. The molecule has 0 bridgehead atoms. The van der Waals surface area contributed by atoms with E-state index in [2.05, 4.69) is 0 Å². The first kappa shape index (κ1) is 26.3. The van der Waals surface area contributed by atoms with Crippen molar-refractivity contribution in [2.45, 2.75) is 59.2 Å². The van der Waals surface area contributed by atoms with Crippen LogP contribution in [0.3, 0.4) is 0 Å². The molecule has 1 N–H and O–H groups in total. The van der Waals surface area contributed by atoms with Gasteiger partial charge in [-0.3, -0.25) is 14.4 Å². The number of allylic oxidation sites excluding steroid dienone is 1. The fraction of sp³-hybridized carbons (Fsp3) is 0.520. The van der Waals surface area contributed by atoms with Crippen LogP contribution in [0.5, 0.6) is 5.75 Å². The first-order valence-corrected chi connectivity index (χ1v) is 10.9. The van der Waals surface area contributed by atoms with Crippen LogP contribution >= 0.6 is 0 Å². The van der Waals surface area contributed by atoms with E-state index in [1.807, 2.05) is 0 Å². The Morgan fingerprint density at radius 2 is 1.79 bits per heavy atom. The molecule has 0 fully saturated rings. The number of aliphatic hydroxyl groups is 1. The lowest BCUT2D eigenvalue weighted by molar-refractivity contribution is -0.151. The van der Waals surface area contributed by atoms with Crippen LogP contribution < -0.4 is 4.74 Å². The second-order valence-electron chi connectivity index (χ2n) is 8.90. The quantitative estimate of drug-likeness (QED) is 0.540. The second-order valence-corrected chi connectivity index (χ2v) is 8.90. The number of esters is 2. The zero-order chi connectivity index (χ0) is 24.8. The maximum Gasteiger partial charge on any atom is 0.338 e. The van der Waals surface area contributed by atoms with Crippen molar-refractivity contribution in [2.24, 2.45) is 11.3 Å². The molecule has 1 heterocycles. The number of ether oxygens (including phenoxy) is 3. The molecule has 180 valence electrons. The Morgan fingerprint density at radius 1 is 1.15 bits per heavy atom. The lowest BCUT2D eigenvalue weighted by Gasteiger charge is -2.33. The van der Waals surface area contributed by atoms with Crippen LogP contribution in [0.4, 0.5) is 0 Å². The van der Waals surface area contributed by atoms with E-state index in [1.165, 1.54) is 32.2 Å². The van der Waals surface area contributed by atoms with E-state index in [9.17, 15) is 24.3 Å². The molecule has 3 atom stereocenters. The number of Topliss-reactive ketones (excluding diaryl/α,β-unsaturated/α-hetero) is 1. The van der Waals surface area contributed by atoms with Crippen molar-refractivity contribution < 1.29 is 38.5 Å². The summed E-state index contributed by atoms with van der Waals surface area (Å²) in [6.45, 7) is 6.46. The molecule has 0 saturated heterocycles. The number of ketones is 2. The highest BCUT2D eigenvalue weighted by atomic mass is 16.5. The maximum atomic E-state index is 13.1. The standard InChI is InChI=1S/C25H32O8/c1-15-10-11-32-23(29)16(2)20(27)13-18(26)14-22(25(3,4)21(28)12-15)33-24(30)17-6-8-19(31-5)9-7-17/h6-9,12,16,18,22,26H,10-11,13-14H2,1-5H3/b15-12+/t16?,18-,22-/m1/s1. The Bertz CT molecular complexity index is 913. The average Bonchev–Trinajstić information content (AvgIpc) is 2.77.